The molecule has 4 heteroatoms. The lowest BCUT2D eigenvalue weighted by Gasteiger charge is -2.39. The number of nitrogens with one attached hydrogen (secondary N) is 1. The van der Waals surface area contributed by atoms with Crippen LogP contribution in [-0.2, 0) is 0 Å². The Kier molecular flexibility index (Phi) is 4.00. The van der Waals surface area contributed by atoms with Crippen LogP contribution in [0.15, 0.2) is 4.99 Å². The molecule has 92 valence electrons. The zero-order valence-corrected chi connectivity index (χ0v) is 11.0. The molecule has 0 atom stereocenters. The fraction of sp³-hybridized carbons (Fsp3) is 0.917. The quantitative estimate of drug-likeness (QED) is 0.585. The van der Waals surface area contributed by atoms with Gasteiger partial charge >= 0.3 is 0 Å². The first-order valence-corrected chi connectivity index (χ1v) is 7.58. The number of hydrogen-bond acceptors (Lipinski definition) is 2. The average Bonchev–Trinajstić information content (AvgIpc) is 2.69. The first-order chi connectivity index (χ1) is 7.74. The minimum Gasteiger partial charge on any atom is -0.370 e. The first kappa shape index (κ1) is 12.1. The zero-order valence-electron chi connectivity index (χ0n) is 10.2. The monoisotopic (exact) mass is 241 g/mol. The van der Waals surface area contributed by atoms with Gasteiger partial charge in [-0.15, -0.1) is 0 Å². The Bertz CT molecular complexity index is 249. The Labute approximate surface area is 103 Å². The smallest absolute Gasteiger partial charge is 0.188 e. The van der Waals surface area contributed by atoms with Crippen LogP contribution in [0.4, 0.5) is 0 Å². The highest BCUT2D eigenvalue weighted by Crippen LogP contribution is 2.42. The van der Waals surface area contributed by atoms with Gasteiger partial charge in [-0.1, -0.05) is 19.3 Å². The Hall–Kier alpha value is -0.380. The molecule has 2 saturated carbocycles. The summed E-state index contributed by atoms with van der Waals surface area (Å²) in [5.41, 5.74) is 5.92. The molecule has 0 saturated heterocycles. The molecule has 0 spiro atoms. The van der Waals surface area contributed by atoms with E-state index in [1.54, 1.807) is 0 Å². The van der Waals surface area contributed by atoms with E-state index in [1.165, 1.54) is 44.9 Å². The van der Waals surface area contributed by atoms with Crippen molar-refractivity contribution in [2.45, 2.75) is 55.7 Å². The maximum absolute atomic E-state index is 5.92. The van der Waals surface area contributed by atoms with Crippen LogP contribution in [0.1, 0.15) is 44.9 Å². The van der Waals surface area contributed by atoms with E-state index < -0.39 is 0 Å². The van der Waals surface area contributed by atoms with Crippen LogP contribution in [0.5, 0.6) is 0 Å². The molecule has 0 aromatic rings. The van der Waals surface area contributed by atoms with Gasteiger partial charge in [0.2, 0.25) is 0 Å². The van der Waals surface area contributed by atoms with Gasteiger partial charge in [-0.05, 0) is 31.9 Å². The van der Waals surface area contributed by atoms with Crippen molar-refractivity contribution in [1.82, 2.24) is 5.32 Å². The molecule has 16 heavy (non-hydrogen) atoms. The lowest BCUT2D eigenvalue weighted by Crippen LogP contribution is -2.41. The Balaban J connectivity index is 1.77. The molecule has 0 heterocycles. The van der Waals surface area contributed by atoms with Gasteiger partial charge in [0, 0.05) is 10.8 Å². The van der Waals surface area contributed by atoms with Gasteiger partial charge < -0.3 is 11.1 Å². The highest BCUT2D eigenvalue weighted by Gasteiger charge is 2.35. The van der Waals surface area contributed by atoms with E-state index in [0.29, 0.717) is 16.7 Å². The Morgan fingerprint density at radius 3 is 2.56 bits per heavy atom. The van der Waals surface area contributed by atoms with Crippen molar-refractivity contribution >= 4 is 17.7 Å². The summed E-state index contributed by atoms with van der Waals surface area (Å²) in [5.74, 6) is 0.659. The molecule has 2 rings (SSSR count). The van der Waals surface area contributed by atoms with E-state index in [-0.39, 0.29) is 0 Å². The van der Waals surface area contributed by atoms with Crippen molar-refractivity contribution in [3.8, 4) is 0 Å². The highest BCUT2D eigenvalue weighted by molar-refractivity contribution is 8.00. The van der Waals surface area contributed by atoms with Gasteiger partial charge in [-0.2, -0.15) is 11.8 Å². The third-order valence-electron chi connectivity index (χ3n) is 3.94. The summed E-state index contributed by atoms with van der Waals surface area (Å²) in [6.45, 7) is 0.889. The van der Waals surface area contributed by atoms with E-state index >= 15 is 0 Å². The fourth-order valence-electron chi connectivity index (χ4n) is 2.55. The van der Waals surface area contributed by atoms with Crippen LogP contribution >= 0.6 is 11.8 Å². The van der Waals surface area contributed by atoms with E-state index in [0.717, 1.165) is 6.54 Å². The number of guanidine groups is 1. The minimum atomic E-state index is 0.405. The normalized spacial score (nSPS) is 25.4. The number of nitrogens with zero attached hydrogens (tertiary/aromatic N) is 1. The maximum atomic E-state index is 5.92. The predicted octanol–water partition coefficient (Wildman–Crippen LogP) is 2.12. The van der Waals surface area contributed by atoms with Crippen LogP contribution in [-0.4, -0.2) is 29.5 Å². The summed E-state index contributed by atoms with van der Waals surface area (Å²) in [6.07, 6.45) is 11.3. The van der Waals surface area contributed by atoms with Crippen LogP contribution in [0.25, 0.3) is 0 Å². The minimum absolute atomic E-state index is 0.405. The SMILES string of the molecule is CSC1(CN=C(N)NC2CCCC2)CCC1. The van der Waals surface area contributed by atoms with Crippen molar-refractivity contribution in [2.24, 2.45) is 10.7 Å². The molecule has 3 N–H and O–H groups in total. The van der Waals surface area contributed by atoms with Crippen molar-refractivity contribution in [1.29, 1.82) is 0 Å². The van der Waals surface area contributed by atoms with E-state index in [2.05, 4.69) is 16.6 Å². The second-order valence-electron chi connectivity index (χ2n) is 5.07. The first-order valence-electron chi connectivity index (χ1n) is 6.36. The Morgan fingerprint density at radius 1 is 1.38 bits per heavy atom. The topological polar surface area (TPSA) is 50.4 Å². The van der Waals surface area contributed by atoms with Crippen LogP contribution in [0, 0.1) is 0 Å². The van der Waals surface area contributed by atoms with Crippen molar-refractivity contribution in [3.63, 3.8) is 0 Å². The van der Waals surface area contributed by atoms with Crippen molar-refractivity contribution < 1.29 is 0 Å². The van der Waals surface area contributed by atoms with Gasteiger partial charge in [0.1, 0.15) is 0 Å². The highest BCUT2D eigenvalue weighted by atomic mass is 32.2. The van der Waals surface area contributed by atoms with Gasteiger partial charge in [0.25, 0.3) is 0 Å². The number of hydrogen-bond donors (Lipinski definition) is 2. The van der Waals surface area contributed by atoms with E-state index in [4.69, 9.17) is 5.73 Å². The number of nitrogens with two attached hydrogens (primary N) is 1. The Morgan fingerprint density at radius 2 is 2.06 bits per heavy atom. The molecule has 2 aliphatic carbocycles. The number of rotatable bonds is 4. The molecule has 0 aromatic carbocycles. The molecule has 0 aromatic heterocycles. The second kappa shape index (κ2) is 5.30. The second-order valence-corrected chi connectivity index (χ2v) is 6.34. The van der Waals surface area contributed by atoms with Crippen LogP contribution in [0.3, 0.4) is 0 Å². The maximum Gasteiger partial charge on any atom is 0.188 e. The average molecular weight is 241 g/mol. The predicted molar refractivity (Wildman–Crippen MR) is 72.0 cm³/mol. The molecular weight excluding hydrogens is 218 g/mol. The number of aliphatic imine (C=N–C) groups is 1. The van der Waals surface area contributed by atoms with Gasteiger partial charge in [0.15, 0.2) is 5.96 Å². The molecule has 0 bridgehead atoms. The van der Waals surface area contributed by atoms with Crippen LogP contribution in [0.2, 0.25) is 0 Å². The molecule has 0 radical (unpaired) electrons. The summed E-state index contributed by atoms with van der Waals surface area (Å²) < 4.78 is 0.405. The third-order valence-corrected chi connectivity index (χ3v) is 5.35. The van der Waals surface area contributed by atoms with E-state index in [9.17, 15) is 0 Å². The lowest BCUT2D eigenvalue weighted by atomic mass is 9.84. The summed E-state index contributed by atoms with van der Waals surface area (Å²) in [5, 5.41) is 3.34. The van der Waals surface area contributed by atoms with E-state index in [1.807, 2.05) is 11.8 Å². The molecule has 3 nitrogen and oxygen atoms in total. The molecule has 2 aliphatic rings. The standard InChI is InChI=1S/C12H23N3S/c1-16-12(7-4-8-12)9-14-11(13)15-10-5-2-3-6-10/h10H,2-9H2,1H3,(H3,13,14,15). The molecule has 2 fully saturated rings. The zero-order chi connectivity index (χ0) is 11.4. The number of thioether (sulfide) groups is 1. The molecule has 0 aliphatic heterocycles. The largest absolute Gasteiger partial charge is 0.370 e. The fourth-order valence-corrected chi connectivity index (χ4v) is 3.44. The van der Waals surface area contributed by atoms with Gasteiger partial charge in [-0.25, -0.2) is 0 Å². The van der Waals surface area contributed by atoms with Gasteiger partial charge in [0.05, 0.1) is 6.54 Å². The summed E-state index contributed by atoms with van der Waals surface area (Å²) in [4.78, 5) is 4.52. The summed E-state index contributed by atoms with van der Waals surface area (Å²) >= 11 is 1.95. The summed E-state index contributed by atoms with van der Waals surface area (Å²) in [7, 11) is 0. The van der Waals surface area contributed by atoms with Crippen LogP contribution < -0.4 is 11.1 Å². The molecular formula is C12H23N3S. The molecule has 0 unspecified atom stereocenters. The van der Waals surface area contributed by atoms with Crippen molar-refractivity contribution in [3.05, 3.63) is 0 Å². The lowest BCUT2D eigenvalue weighted by molar-refractivity contribution is 0.372. The molecule has 0 amide bonds. The van der Waals surface area contributed by atoms with Crippen molar-refractivity contribution in [2.75, 3.05) is 12.8 Å². The summed E-state index contributed by atoms with van der Waals surface area (Å²) in [6, 6.07) is 0.579. The van der Waals surface area contributed by atoms with Gasteiger partial charge in [-0.3, -0.25) is 4.99 Å². The third kappa shape index (κ3) is 2.84.